The van der Waals surface area contributed by atoms with Crippen molar-refractivity contribution in [2.45, 2.75) is 64.0 Å². The van der Waals surface area contributed by atoms with Gasteiger partial charge < -0.3 is 19.0 Å². The molecule has 2 unspecified atom stereocenters. The molecule has 2 aliphatic rings. The van der Waals surface area contributed by atoms with Gasteiger partial charge in [-0.2, -0.15) is 0 Å². The minimum Gasteiger partial charge on any atom is -0.544 e. The lowest BCUT2D eigenvalue weighted by Crippen LogP contribution is -2.43. The van der Waals surface area contributed by atoms with Gasteiger partial charge in [0.25, 0.3) is 0 Å². The standard InChI is InChI=1S/C15H24O2Si.C9H10O2/c1-15(2,3)18(4,5)17-13-8-6-12(7-9-13)10-14-11-16-14;10-8-3-1-7(2-4-8)5-9-6-11-9/h6-9,14H,10-11H2,1-5H3;1-4,9-10H,5-6H2. The van der Waals surface area contributed by atoms with Crippen LogP contribution in [0.15, 0.2) is 48.5 Å². The number of epoxide rings is 2. The van der Waals surface area contributed by atoms with Gasteiger partial charge in [-0.3, -0.25) is 0 Å². The molecule has 2 heterocycles. The normalized spacial score (nSPS) is 20.4. The first-order valence-corrected chi connectivity index (χ1v) is 13.3. The van der Waals surface area contributed by atoms with Crippen LogP contribution in [0.2, 0.25) is 18.1 Å². The third kappa shape index (κ3) is 7.18. The molecule has 0 saturated carbocycles. The van der Waals surface area contributed by atoms with Crippen molar-refractivity contribution in [2.24, 2.45) is 0 Å². The van der Waals surface area contributed by atoms with Gasteiger partial charge in [-0.05, 0) is 53.5 Å². The van der Waals surface area contributed by atoms with Crippen molar-refractivity contribution in [3.63, 3.8) is 0 Å². The highest BCUT2D eigenvalue weighted by Crippen LogP contribution is 2.37. The predicted octanol–water partition coefficient (Wildman–Crippen LogP) is 5.35. The fourth-order valence-electron chi connectivity index (χ4n) is 2.67. The van der Waals surface area contributed by atoms with E-state index in [0.29, 0.717) is 18.0 Å². The highest BCUT2D eigenvalue weighted by atomic mass is 28.4. The van der Waals surface area contributed by atoms with Crippen LogP contribution in [0.3, 0.4) is 0 Å². The molecule has 2 aromatic rings. The molecule has 0 radical (unpaired) electrons. The van der Waals surface area contributed by atoms with Gasteiger partial charge in [0.2, 0.25) is 8.32 Å². The Labute approximate surface area is 176 Å². The highest BCUT2D eigenvalue weighted by Gasteiger charge is 2.38. The minimum atomic E-state index is -1.71. The third-order valence-corrected chi connectivity index (χ3v) is 10.1. The van der Waals surface area contributed by atoms with Crippen LogP contribution in [0, 0.1) is 0 Å². The molecular formula is C24H34O4Si. The molecule has 2 aromatic carbocycles. The summed E-state index contributed by atoms with van der Waals surface area (Å²) >= 11 is 0. The number of aromatic hydroxyl groups is 1. The van der Waals surface area contributed by atoms with E-state index in [1.165, 1.54) is 11.1 Å². The number of rotatable bonds is 6. The van der Waals surface area contributed by atoms with E-state index in [1.807, 2.05) is 12.1 Å². The van der Waals surface area contributed by atoms with Crippen LogP contribution in [0.4, 0.5) is 0 Å². The number of phenols is 1. The van der Waals surface area contributed by atoms with Gasteiger partial charge in [0.05, 0.1) is 25.4 Å². The fraction of sp³-hybridized carbons (Fsp3) is 0.500. The van der Waals surface area contributed by atoms with Crippen molar-refractivity contribution in [3.8, 4) is 11.5 Å². The summed E-state index contributed by atoms with van der Waals surface area (Å²) in [5, 5.41) is 9.22. The Balaban J connectivity index is 0.000000186. The smallest absolute Gasteiger partial charge is 0.250 e. The van der Waals surface area contributed by atoms with Crippen LogP contribution in [0.5, 0.6) is 11.5 Å². The molecule has 0 spiro atoms. The molecule has 4 nitrogen and oxygen atoms in total. The van der Waals surface area contributed by atoms with Crippen molar-refractivity contribution in [2.75, 3.05) is 13.2 Å². The molecule has 2 saturated heterocycles. The van der Waals surface area contributed by atoms with Crippen molar-refractivity contribution >= 4 is 8.32 Å². The van der Waals surface area contributed by atoms with Crippen molar-refractivity contribution in [1.29, 1.82) is 0 Å². The Bertz CT molecular complexity index is 770. The second-order valence-electron chi connectivity index (χ2n) is 9.49. The topological polar surface area (TPSA) is 54.5 Å². The van der Waals surface area contributed by atoms with E-state index in [2.05, 4.69) is 58.1 Å². The molecule has 0 amide bonds. The van der Waals surface area contributed by atoms with Crippen molar-refractivity contribution in [1.82, 2.24) is 0 Å². The largest absolute Gasteiger partial charge is 0.544 e. The van der Waals surface area contributed by atoms with Crippen LogP contribution in [-0.2, 0) is 22.3 Å². The molecule has 5 heteroatoms. The Morgan fingerprint density at radius 3 is 1.66 bits per heavy atom. The first-order chi connectivity index (χ1) is 13.6. The molecule has 29 heavy (non-hydrogen) atoms. The molecule has 4 rings (SSSR count). The van der Waals surface area contributed by atoms with Crippen LogP contribution in [-0.4, -0.2) is 38.8 Å². The van der Waals surface area contributed by atoms with Crippen LogP contribution in [0.1, 0.15) is 31.9 Å². The Kier molecular flexibility index (Phi) is 6.71. The molecule has 158 valence electrons. The lowest BCUT2D eigenvalue weighted by molar-refractivity contribution is 0.407. The molecule has 0 aromatic heterocycles. The number of phenolic OH excluding ortho intramolecular Hbond substituents is 1. The molecule has 2 fully saturated rings. The third-order valence-electron chi connectivity index (χ3n) is 5.77. The summed E-state index contributed by atoms with van der Waals surface area (Å²) in [4.78, 5) is 0. The monoisotopic (exact) mass is 414 g/mol. The average molecular weight is 415 g/mol. The summed E-state index contributed by atoms with van der Waals surface area (Å²) in [5.41, 5.74) is 2.56. The van der Waals surface area contributed by atoms with E-state index in [0.717, 1.165) is 31.8 Å². The Hall–Kier alpha value is -1.82. The van der Waals surface area contributed by atoms with Crippen LogP contribution >= 0.6 is 0 Å². The highest BCUT2D eigenvalue weighted by molar-refractivity contribution is 6.74. The molecular weight excluding hydrogens is 380 g/mol. The average Bonchev–Trinajstić information content (AvgIpc) is 3.55. The molecule has 2 atom stereocenters. The number of benzene rings is 2. The zero-order chi connectivity index (χ0) is 21.1. The lowest BCUT2D eigenvalue weighted by atomic mass is 10.1. The van der Waals surface area contributed by atoms with Gasteiger partial charge in [0.1, 0.15) is 11.5 Å². The lowest BCUT2D eigenvalue weighted by Gasteiger charge is -2.36. The van der Waals surface area contributed by atoms with Gasteiger partial charge in [-0.15, -0.1) is 0 Å². The second-order valence-corrected chi connectivity index (χ2v) is 14.2. The quantitative estimate of drug-likeness (QED) is 0.512. The summed E-state index contributed by atoms with van der Waals surface area (Å²) in [7, 11) is -1.71. The van der Waals surface area contributed by atoms with E-state index < -0.39 is 8.32 Å². The van der Waals surface area contributed by atoms with Gasteiger partial charge in [-0.1, -0.05) is 45.0 Å². The van der Waals surface area contributed by atoms with Crippen LogP contribution in [0.25, 0.3) is 0 Å². The van der Waals surface area contributed by atoms with Crippen molar-refractivity contribution in [3.05, 3.63) is 59.7 Å². The zero-order valence-electron chi connectivity index (χ0n) is 18.3. The Morgan fingerprint density at radius 1 is 0.862 bits per heavy atom. The summed E-state index contributed by atoms with van der Waals surface area (Å²) in [5.74, 6) is 1.33. The summed E-state index contributed by atoms with van der Waals surface area (Å²) in [6.07, 6.45) is 2.89. The summed E-state index contributed by atoms with van der Waals surface area (Å²) in [6.45, 7) is 13.1. The van der Waals surface area contributed by atoms with Gasteiger partial charge in [-0.25, -0.2) is 0 Å². The summed E-state index contributed by atoms with van der Waals surface area (Å²) in [6, 6.07) is 15.8. The van der Waals surface area contributed by atoms with E-state index in [-0.39, 0.29) is 5.04 Å². The van der Waals surface area contributed by atoms with E-state index in [9.17, 15) is 0 Å². The Morgan fingerprint density at radius 2 is 1.28 bits per heavy atom. The van der Waals surface area contributed by atoms with Gasteiger partial charge in [0.15, 0.2) is 0 Å². The number of hydrogen-bond donors (Lipinski definition) is 1. The first kappa shape index (κ1) is 21.9. The zero-order valence-corrected chi connectivity index (χ0v) is 19.3. The summed E-state index contributed by atoms with van der Waals surface area (Å²) < 4.78 is 16.6. The maximum absolute atomic E-state index is 8.98. The SMILES string of the molecule is CC(C)(C)[Si](C)(C)Oc1ccc(CC2CO2)cc1.Oc1ccc(CC2CO2)cc1. The molecule has 0 aliphatic carbocycles. The van der Waals surface area contributed by atoms with Gasteiger partial charge in [0, 0.05) is 12.8 Å². The fourth-order valence-corrected chi connectivity index (χ4v) is 3.70. The van der Waals surface area contributed by atoms with Gasteiger partial charge >= 0.3 is 0 Å². The minimum absolute atomic E-state index is 0.244. The number of hydrogen-bond acceptors (Lipinski definition) is 4. The van der Waals surface area contributed by atoms with E-state index in [1.54, 1.807) is 12.1 Å². The first-order valence-electron chi connectivity index (χ1n) is 10.4. The van der Waals surface area contributed by atoms with Crippen LogP contribution < -0.4 is 4.43 Å². The van der Waals surface area contributed by atoms with E-state index >= 15 is 0 Å². The van der Waals surface area contributed by atoms with Crippen molar-refractivity contribution < 1.29 is 19.0 Å². The second kappa shape index (κ2) is 8.90. The predicted molar refractivity (Wildman–Crippen MR) is 119 cm³/mol. The maximum atomic E-state index is 8.98. The molecule has 0 bridgehead atoms. The maximum Gasteiger partial charge on any atom is 0.250 e. The number of ether oxygens (including phenoxy) is 2. The van der Waals surface area contributed by atoms with E-state index in [4.69, 9.17) is 19.0 Å². The molecule has 2 aliphatic heterocycles. The molecule has 1 N–H and O–H groups in total.